The van der Waals surface area contributed by atoms with Crippen molar-refractivity contribution in [1.82, 2.24) is 15.2 Å². The van der Waals surface area contributed by atoms with Crippen molar-refractivity contribution in [2.24, 2.45) is 5.92 Å². The maximum Gasteiger partial charge on any atom is 0.253 e. The standard InChI is InChI=1S/C16H23N3O3/c1-2-22-12-15(20)18-11-13-5-9-19(10-6-13)16(21)14-3-7-17-8-4-14/h3-4,7-8,13H,2,5-6,9-12H2,1H3,(H,18,20). The molecule has 0 aromatic carbocycles. The summed E-state index contributed by atoms with van der Waals surface area (Å²) in [6.45, 7) is 4.64. The van der Waals surface area contributed by atoms with Gasteiger partial charge < -0.3 is 15.0 Å². The van der Waals surface area contributed by atoms with Crippen molar-refractivity contribution in [2.75, 3.05) is 32.8 Å². The molecule has 6 heteroatoms. The number of carbonyl (C=O) groups excluding carboxylic acids is 2. The number of nitrogens with one attached hydrogen (secondary N) is 1. The number of aromatic nitrogens is 1. The molecule has 0 bridgehead atoms. The minimum absolute atomic E-state index is 0.0567. The number of nitrogens with zero attached hydrogens (tertiary/aromatic N) is 2. The first-order valence-electron chi connectivity index (χ1n) is 7.74. The van der Waals surface area contributed by atoms with E-state index in [4.69, 9.17) is 4.74 Å². The molecule has 0 unspecified atom stereocenters. The lowest BCUT2D eigenvalue weighted by Gasteiger charge is -2.32. The Labute approximate surface area is 130 Å². The van der Waals surface area contributed by atoms with Crippen molar-refractivity contribution in [3.8, 4) is 0 Å². The zero-order valence-electron chi connectivity index (χ0n) is 13.0. The average molecular weight is 305 g/mol. The van der Waals surface area contributed by atoms with E-state index in [1.165, 1.54) is 0 Å². The monoisotopic (exact) mass is 305 g/mol. The summed E-state index contributed by atoms with van der Waals surface area (Å²) in [4.78, 5) is 29.6. The van der Waals surface area contributed by atoms with Gasteiger partial charge >= 0.3 is 0 Å². The Balaban J connectivity index is 1.72. The van der Waals surface area contributed by atoms with Gasteiger partial charge in [-0.2, -0.15) is 0 Å². The molecule has 2 rings (SSSR count). The smallest absolute Gasteiger partial charge is 0.253 e. The molecule has 6 nitrogen and oxygen atoms in total. The van der Waals surface area contributed by atoms with Crippen LogP contribution >= 0.6 is 0 Å². The van der Waals surface area contributed by atoms with Crippen LogP contribution in [-0.2, 0) is 9.53 Å². The number of hydrogen-bond acceptors (Lipinski definition) is 4. The summed E-state index contributed by atoms with van der Waals surface area (Å²) in [5.74, 6) is 0.408. The highest BCUT2D eigenvalue weighted by Crippen LogP contribution is 2.18. The minimum atomic E-state index is -0.0721. The maximum absolute atomic E-state index is 12.3. The molecule has 0 saturated carbocycles. The second-order valence-corrected chi connectivity index (χ2v) is 5.41. The fraction of sp³-hybridized carbons (Fsp3) is 0.562. The molecular weight excluding hydrogens is 282 g/mol. The highest BCUT2D eigenvalue weighted by Gasteiger charge is 2.23. The Morgan fingerprint density at radius 3 is 2.64 bits per heavy atom. The molecule has 1 aromatic rings. The van der Waals surface area contributed by atoms with Gasteiger partial charge in [-0.05, 0) is 37.8 Å². The predicted octanol–water partition coefficient (Wildman–Crippen LogP) is 1.09. The molecule has 1 aromatic heterocycles. The third-order valence-corrected chi connectivity index (χ3v) is 3.85. The lowest BCUT2D eigenvalue weighted by atomic mass is 9.96. The topological polar surface area (TPSA) is 71.5 Å². The van der Waals surface area contributed by atoms with Crippen LogP contribution in [-0.4, -0.2) is 54.5 Å². The number of carbonyl (C=O) groups is 2. The van der Waals surface area contributed by atoms with E-state index in [1.54, 1.807) is 24.5 Å². The number of ether oxygens (including phenoxy) is 1. The lowest BCUT2D eigenvalue weighted by molar-refractivity contribution is -0.125. The van der Waals surface area contributed by atoms with Crippen LogP contribution in [0, 0.1) is 5.92 Å². The van der Waals surface area contributed by atoms with Crippen LogP contribution in [0.3, 0.4) is 0 Å². The van der Waals surface area contributed by atoms with Crippen LogP contribution in [0.25, 0.3) is 0 Å². The Hall–Kier alpha value is -1.95. The van der Waals surface area contributed by atoms with Gasteiger partial charge in [0.2, 0.25) is 5.91 Å². The van der Waals surface area contributed by atoms with Gasteiger partial charge in [-0.1, -0.05) is 0 Å². The minimum Gasteiger partial charge on any atom is -0.372 e. The molecule has 0 atom stereocenters. The molecule has 120 valence electrons. The first-order chi connectivity index (χ1) is 10.7. The number of piperidine rings is 1. The molecule has 1 saturated heterocycles. The van der Waals surface area contributed by atoms with Crippen LogP contribution in [0.4, 0.5) is 0 Å². The summed E-state index contributed by atoms with van der Waals surface area (Å²) < 4.78 is 5.06. The molecule has 0 spiro atoms. The fourth-order valence-electron chi connectivity index (χ4n) is 2.52. The van der Waals surface area contributed by atoms with Crippen molar-refractivity contribution in [1.29, 1.82) is 0 Å². The molecule has 1 fully saturated rings. The summed E-state index contributed by atoms with van der Waals surface area (Å²) >= 11 is 0. The van der Waals surface area contributed by atoms with Crippen molar-refractivity contribution in [3.63, 3.8) is 0 Å². The quantitative estimate of drug-likeness (QED) is 0.854. The Morgan fingerprint density at radius 1 is 1.32 bits per heavy atom. The summed E-state index contributed by atoms with van der Waals surface area (Å²) in [7, 11) is 0. The highest BCUT2D eigenvalue weighted by atomic mass is 16.5. The summed E-state index contributed by atoms with van der Waals surface area (Å²) in [6.07, 6.45) is 5.08. The second-order valence-electron chi connectivity index (χ2n) is 5.41. The Bertz CT molecular complexity index is 485. The normalized spacial score (nSPS) is 15.6. The third kappa shape index (κ3) is 4.80. The molecule has 1 N–H and O–H groups in total. The molecule has 1 aliphatic rings. The largest absolute Gasteiger partial charge is 0.372 e. The third-order valence-electron chi connectivity index (χ3n) is 3.85. The number of hydrogen-bond donors (Lipinski definition) is 1. The Morgan fingerprint density at radius 2 is 2.00 bits per heavy atom. The number of amides is 2. The van der Waals surface area contributed by atoms with Gasteiger partial charge in [0.05, 0.1) is 0 Å². The zero-order valence-corrected chi connectivity index (χ0v) is 13.0. The van der Waals surface area contributed by atoms with Crippen LogP contribution in [0.15, 0.2) is 24.5 Å². The zero-order chi connectivity index (χ0) is 15.8. The second kappa shape index (κ2) is 8.48. The fourth-order valence-corrected chi connectivity index (χ4v) is 2.52. The van der Waals surface area contributed by atoms with E-state index in [9.17, 15) is 9.59 Å². The molecule has 1 aliphatic heterocycles. The molecule has 2 amide bonds. The van der Waals surface area contributed by atoms with Crippen LogP contribution in [0.2, 0.25) is 0 Å². The van der Waals surface area contributed by atoms with Crippen molar-refractivity contribution in [3.05, 3.63) is 30.1 Å². The van der Waals surface area contributed by atoms with Crippen LogP contribution in [0.5, 0.6) is 0 Å². The molecule has 0 aliphatic carbocycles. The van der Waals surface area contributed by atoms with Crippen molar-refractivity contribution in [2.45, 2.75) is 19.8 Å². The van der Waals surface area contributed by atoms with E-state index < -0.39 is 0 Å². The maximum atomic E-state index is 12.3. The van der Waals surface area contributed by atoms with E-state index in [2.05, 4.69) is 10.3 Å². The number of pyridine rings is 1. The molecule has 0 radical (unpaired) electrons. The van der Waals surface area contributed by atoms with Gasteiger partial charge in [0.1, 0.15) is 6.61 Å². The molecular formula is C16H23N3O3. The lowest BCUT2D eigenvalue weighted by Crippen LogP contribution is -2.42. The van der Waals surface area contributed by atoms with Crippen molar-refractivity contribution < 1.29 is 14.3 Å². The predicted molar refractivity (Wildman–Crippen MR) is 82.4 cm³/mol. The van der Waals surface area contributed by atoms with E-state index in [0.717, 1.165) is 25.9 Å². The SMILES string of the molecule is CCOCC(=O)NCC1CCN(C(=O)c2ccncc2)CC1. The van der Waals surface area contributed by atoms with E-state index in [0.29, 0.717) is 24.6 Å². The first-order valence-corrected chi connectivity index (χ1v) is 7.74. The number of likely N-dealkylation sites (tertiary alicyclic amines) is 1. The summed E-state index contributed by atoms with van der Waals surface area (Å²) in [6, 6.07) is 3.48. The average Bonchev–Trinajstić information content (AvgIpc) is 2.58. The van der Waals surface area contributed by atoms with Crippen LogP contribution < -0.4 is 5.32 Å². The van der Waals surface area contributed by atoms with E-state index in [1.807, 2.05) is 11.8 Å². The van der Waals surface area contributed by atoms with Crippen LogP contribution in [0.1, 0.15) is 30.1 Å². The van der Waals surface area contributed by atoms with E-state index >= 15 is 0 Å². The summed E-state index contributed by atoms with van der Waals surface area (Å²) in [5, 5.41) is 2.89. The van der Waals surface area contributed by atoms with Gasteiger partial charge in [-0.25, -0.2) is 0 Å². The van der Waals surface area contributed by atoms with Gasteiger partial charge in [0, 0.05) is 44.2 Å². The Kier molecular flexibility index (Phi) is 6.33. The first kappa shape index (κ1) is 16.4. The number of rotatable bonds is 6. The molecule has 2 heterocycles. The molecule has 22 heavy (non-hydrogen) atoms. The van der Waals surface area contributed by atoms with E-state index in [-0.39, 0.29) is 18.4 Å². The summed E-state index contributed by atoms with van der Waals surface area (Å²) in [5.41, 5.74) is 0.679. The van der Waals surface area contributed by atoms with Gasteiger partial charge in [0.15, 0.2) is 0 Å². The highest BCUT2D eigenvalue weighted by molar-refractivity contribution is 5.94. The van der Waals surface area contributed by atoms with Gasteiger partial charge in [0.25, 0.3) is 5.91 Å². The van der Waals surface area contributed by atoms with Gasteiger partial charge in [-0.15, -0.1) is 0 Å². The van der Waals surface area contributed by atoms with Crippen molar-refractivity contribution >= 4 is 11.8 Å². The van der Waals surface area contributed by atoms with Gasteiger partial charge in [-0.3, -0.25) is 14.6 Å².